The van der Waals surface area contributed by atoms with Crippen LogP contribution in [0.4, 0.5) is 32.0 Å². The summed E-state index contributed by atoms with van der Waals surface area (Å²) in [5.41, 5.74) is -2.52. The number of alkyl halides is 6. The predicted octanol–water partition coefficient (Wildman–Crippen LogP) is 8.05. The Kier molecular flexibility index (Phi) is 12.0. The number of amides is 2. The van der Waals surface area contributed by atoms with Gasteiger partial charge in [0.1, 0.15) is 17.6 Å². The molecule has 0 fully saturated rings. The van der Waals surface area contributed by atoms with E-state index in [0.717, 1.165) is 5.56 Å². The van der Waals surface area contributed by atoms with E-state index in [1.165, 1.54) is 23.1 Å². The Morgan fingerprint density at radius 2 is 1.55 bits per heavy atom. The molecule has 1 heterocycles. The number of anilines is 1. The molecular weight excluding hydrogens is 704 g/mol. The third-order valence-electron chi connectivity index (χ3n) is 8.82. The molecule has 0 saturated carbocycles. The highest BCUT2D eigenvalue weighted by molar-refractivity contribution is 6.02. The molecule has 0 saturated heterocycles. The zero-order valence-corrected chi connectivity index (χ0v) is 29.2. The van der Waals surface area contributed by atoms with Crippen LogP contribution in [0.25, 0.3) is 0 Å². The minimum Gasteiger partial charge on any atom is -0.486 e. The molecule has 0 aliphatic carbocycles. The van der Waals surface area contributed by atoms with Crippen LogP contribution in [-0.2, 0) is 30.1 Å². The van der Waals surface area contributed by atoms with Crippen LogP contribution in [0.1, 0.15) is 46.5 Å². The van der Waals surface area contributed by atoms with Gasteiger partial charge >= 0.3 is 12.4 Å². The van der Waals surface area contributed by atoms with Gasteiger partial charge < -0.3 is 24.8 Å². The third-order valence-corrected chi connectivity index (χ3v) is 8.82. The number of hydrogen-bond donors (Lipinski definition) is 2. The summed E-state index contributed by atoms with van der Waals surface area (Å²) in [5.74, 6) is -0.332. The molecule has 0 aromatic heterocycles. The summed E-state index contributed by atoms with van der Waals surface area (Å²) in [5, 5.41) is 12.5. The number of fused-ring (bicyclic) bond motifs is 1. The van der Waals surface area contributed by atoms with Crippen LogP contribution >= 0.6 is 0 Å². The molecule has 3 atom stereocenters. The molecule has 2 N–H and O–H groups in total. The van der Waals surface area contributed by atoms with Gasteiger partial charge in [-0.15, -0.1) is 0 Å². The molecule has 4 aromatic carbocycles. The number of halogens is 6. The largest absolute Gasteiger partial charge is 0.486 e. The topological polar surface area (TPSA) is 91.3 Å². The lowest BCUT2D eigenvalue weighted by atomic mass is 9.98. The lowest BCUT2D eigenvalue weighted by Crippen LogP contribution is -2.49. The fourth-order valence-electron chi connectivity index (χ4n) is 6.03. The van der Waals surface area contributed by atoms with Gasteiger partial charge in [0.25, 0.3) is 5.91 Å². The second-order valence-corrected chi connectivity index (χ2v) is 13.2. The van der Waals surface area contributed by atoms with E-state index in [9.17, 15) is 41.0 Å². The van der Waals surface area contributed by atoms with Crippen LogP contribution in [0.3, 0.4) is 0 Å². The number of aliphatic hydroxyl groups excluding tert-OH is 1. The monoisotopic (exact) mass is 743 g/mol. The van der Waals surface area contributed by atoms with Crippen LogP contribution in [-0.4, -0.2) is 65.6 Å². The van der Waals surface area contributed by atoms with Crippen LogP contribution in [0, 0.1) is 5.92 Å². The van der Waals surface area contributed by atoms with Gasteiger partial charge in [0.05, 0.1) is 41.4 Å². The second kappa shape index (κ2) is 16.3. The number of hydrogen-bond acceptors (Lipinski definition) is 6. The fourth-order valence-corrected chi connectivity index (χ4v) is 6.03. The summed E-state index contributed by atoms with van der Waals surface area (Å²) in [6.45, 7) is 4.35. The maximum atomic E-state index is 13.8. The van der Waals surface area contributed by atoms with E-state index in [4.69, 9.17) is 9.47 Å². The molecule has 2 amide bonds. The highest BCUT2D eigenvalue weighted by Crippen LogP contribution is 2.38. The van der Waals surface area contributed by atoms with E-state index >= 15 is 0 Å². The number of para-hydroxylation sites is 2. The number of aliphatic hydroxyl groups is 1. The fraction of sp³-hybridized carbons (Fsp3) is 0.333. The quantitative estimate of drug-likeness (QED) is 0.151. The lowest BCUT2D eigenvalue weighted by Gasteiger charge is -2.38. The minimum atomic E-state index is -5.08. The molecule has 0 spiro atoms. The van der Waals surface area contributed by atoms with Crippen LogP contribution < -0.4 is 14.8 Å². The summed E-state index contributed by atoms with van der Waals surface area (Å²) < 4.78 is 93.1. The van der Waals surface area contributed by atoms with E-state index in [1.54, 1.807) is 6.92 Å². The van der Waals surface area contributed by atoms with Crippen molar-refractivity contribution in [1.29, 1.82) is 0 Å². The molecule has 0 bridgehead atoms. The van der Waals surface area contributed by atoms with Crippen molar-refractivity contribution in [3.63, 3.8) is 0 Å². The first kappa shape index (κ1) is 39.1. The van der Waals surface area contributed by atoms with Crippen molar-refractivity contribution < 1.29 is 50.5 Å². The van der Waals surface area contributed by atoms with E-state index < -0.39 is 59.4 Å². The van der Waals surface area contributed by atoms with Crippen LogP contribution in [0.5, 0.6) is 17.2 Å². The number of nitrogens with one attached hydrogen (secondary N) is 1. The summed E-state index contributed by atoms with van der Waals surface area (Å²) in [4.78, 5) is 30.6. The highest BCUT2D eigenvalue weighted by Gasteiger charge is 2.38. The molecule has 0 radical (unpaired) electrons. The predicted molar refractivity (Wildman–Crippen MR) is 186 cm³/mol. The van der Waals surface area contributed by atoms with Crippen molar-refractivity contribution in [2.75, 3.05) is 32.1 Å². The van der Waals surface area contributed by atoms with E-state index in [-0.39, 0.29) is 42.1 Å². The first-order valence-electron chi connectivity index (χ1n) is 16.8. The Hall–Kier alpha value is -5.08. The molecular formula is C39H39F6N3O5. The number of carbonyl (C=O) groups excluding carboxylic acids is 2. The molecule has 1 aliphatic rings. The summed E-state index contributed by atoms with van der Waals surface area (Å²) in [6.07, 6.45) is -11.5. The van der Waals surface area contributed by atoms with Gasteiger partial charge in [-0.25, -0.2) is 0 Å². The van der Waals surface area contributed by atoms with E-state index in [2.05, 4.69) is 5.32 Å². The number of rotatable bonds is 11. The number of benzene rings is 4. The Morgan fingerprint density at radius 1 is 0.925 bits per heavy atom. The molecule has 14 heteroatoms. The first-order chi connectivity index (χ1) is 25.0. The van der Waals surface area contributed by atoms with Gasteiger partial charge in [-0.05, 0) is 79.7 Å². The minimum absolute atomic E-state index is 0.00610. The Morgan fingerprint density at radius 3 is 2.15 bits per heavy atom. The molecule has 1 aliphatic heterocycles. The Bertz CT molecular complexity index is 1850. The summed E-state index contributed by atoms with van der Waals surface area (Å²) in [7, 11) is 1.89. The molecule has 8 nitrogen and oxygen atoms in total. The smallest absolute Gasteiger partial charge is 0.416 e. The second-order valence-electron chi connectivity index (χ2n) is 13.2. The van der Waals surface area contributed by atoms with Crippen molar-refractivity contribution >= 4 is 17.5 Å². The Balaban J connectivity index is 1.38. The van der Waals surface area contributed by atoms with Gasteiger partial charge in [0.2, 0.25) is 5.91 Å². The van der Waals surface area contributed by atoms with Crippen LogP contribution in [0.2, 0.25) is 0 Å². The van der Waals surface area contributed by atoms with Crippen molar-refractivity contribution in [2.24, 2.45) is 5.92 Å². The number of likely N-dealkylation sites (N-methyl/N-ethyl adjacent to an activating group) is 1. The van der Waals surface area contributed by atoms with Crippen LogP contribution in [0.15, 0.2) is 91.0 Å². The van der Waals surface area contributed by atoms with Crippen molar-refractivity contribution in [3.8, 4) is 17.2 Å². The average molecular weight is 744 g/mol. The SMILES string of the molecule is C[C@@H]1CN([C@@H](C)CO)C(=O)c2cccc(NC(=O)Cc3cc(C(F)(F)F)cc(C(F)(F)F)c3)c2O[C@@H]1CN(C)Cc1ccc(Oc2ccccc2)cc1. The Labute approximate surface area is 302 Å². The number of ether oxygens (including phenoxy) is 2. The van der Waals surface area contributed by atoms with Crippen molar-refractivity contribution in [1.82, 2.24) is 9.80 Å². The van der Waals surface area contributed by atoms with Gasteiger partial charge in [-0.1, -0.05) is 43.3 Å². The van der Waals surface area contributed by atoms with Crippen molar-refractivity contribution in [2.45, 2.75) is 51.3 Å². The van der Waals surface area contributed by atoms with Crippen molar-refractivity contribution in [3.05, 3.63) is 119 Å². The lowest BCUT2D eigenvalue weighted by molar-refractivity contribution is -0.143. The molecule has 4 aromatic rings. The molecule has 5 rings (SSSR count). The van der Waals surface area contributed by atoms with Gasteiger partial charge in [-0.3, -0.25) is 14.5 Å². The third kappa shape index (κ3) is 10.1. The zero-order valence-electron chi connectivity index (χ0n) is 29.2. The standard InChI is InChI=1S/C39H39F6N3O5/c1-24-20-48(25(2)23-49)37(51)32-10-7-11-33(46-35(50)18-27-16-28(38(40,41)42)19-29(17-27)39(43,44)45)36(32)53-34(24)22-47(3)21-26-12-14-31(15-13-26)52-30-8-5-4-6-9-30/h4-17,19,24-25,34,49H,18,20-23H2,1-3H3,(H,46,50)/t24-,25+,34-/m1/s1. The van der Waals surface area contributed by atoms with Gasteiger partial charge in [0.15, 0.2) is 5.75 Å². The maximum Gasteiger partial charge on any atom is 0.416 e. The maximum absolute atomic E-state index is 13.8. The summed E-state index contributed by atoms with van der Waals surface area (Å²) >= 11 is 0. The molecule has 53 heavy (non-hydrogen) atoms. The van der Waals surface area contributed by atoms with E-state index in [1.807, 2.05) is 73.5 Å². The molecule has 0 unspecified atom stereocenters. The van der Waals surface area contributed by atoms with Gasteiger partial charge in [0, 0.05) is 25.6 Å². The highest BCUT2D eigenvalue weighted by atomic mass is 19.4. The molecule has 282 valence electrons. The average Bonchev–Trinajstić information content (AvgIpc) is 3.10. The zero-order chi connectivity index (χ0) is 38.5. The first-order valence-corrected chi connectivity index (χ1v) is 16.8. The number of carbonyl (C=O) groups is 2. The number of nitrogens with zero attached hydrogens (tertiary/aromatic N) is 2. The normalized spacial score (nSPS) is 17.0. The van der Waals surface area contributed by atoms with E-state index in [0.29, 0.717) is 36.7 Å². The summed E-state index contributed by atoms with van der Waals surface area (Å²) in [6, 6.07) is 21.8. The van der Waals surface area contributed by atoms with Gasteiger partial charge in [-0.2, -0.15) is 26.3 Å².